The van der Waals surface area contributed by atoms with E-state index in [4.69, 9.17) is 16.3 Å². The van der Waals surface area contributed by atoms with E-state index in [1.54, 1.807) is 7.11 Å². The molecule has 0 saturated heterocycles. The largest absolute Gasteiger partial charge is 0.383 e. The highest BCUT2D eigenvalue weighted by Crippen LogP contribution is 2.25. The third kappa shape index (κ3) is 6.30. The number of guanidine groups is 1. The van der Waals surface area contributed by atoms with Gasteiger partial charge in [-0.2, -0.15) is 0 Å². The van der Waals surface area contributed by atoms with Crippen LogP contribution in [0.1, 0.15) is 18.4 Å². The van der Waals surface area contributed by atoms with Crippen molar-refractivity contribution in [3.8, 4) is 0 Å². The van der Waals surface area contributed by atoms with Crippen molar-refractivity contribution in [2.45, 2.75) is 25.4 Å². The van der Waals surface area contributed by atoms with Crippen LogP contribution < -0.4 is 5.32 Å². The van der Waals surface area contributed by atoms with Crippen LogP contribution in [0.15, 0.2) is 29.3 Å². The Morgan fingerprint density at radius 2 is 2.00 bits per heavy atom. The second kappa shape index (κ2) is 9.87. The van der Waals surface area contributed by atoms with Gasteiger partial charge >= 0.3 is 0 Å². The summed E-state index contributed by atoms with van der Waals surface area (Å²) >= 11 is 5.94. The van der Waals surface area contributed by atoms with Crippen LogP contribution in [0.2, 0.25) is 5.02 Å². The predicted octanol–water partition coefficient (Wildman–Crippen LogP) is 2.46. The van der Waals surface area contributed by atoms with Crippen molar-refractivity contribution in [2.75, 3.05) is 47.4 Å². The van der Waals surface area contributed by atoms with E-state index in [2.05, 4.69) is 20.1 Å². The van der Waals surface area contributed by atoms with E-state index >= 15 is 0 Å². The SMILES string of the molecule is CN=C(NCCN(CCOC)C1CC1)N(C)Cc1ccc(Cl)cc1. The second-order valence-corrected chi connectivity index (χ2v) is 6.65. The number of benzene rings is 1. The van der Waals surface area contributed by atoms with E-state index in [9.17, 15) is 0 Å². The van der Waals surface area contributed by atoms with Gasteiger partial charge in [0.1, 0.15) is 0 Å². The minimum atomic E-state index is 0.746. The molecule has 1 aromatic carbocycles. The van der Waals surface area contributed by atoms with Crippen molar-refractivity contribution in [1.82, 2.24) is 15.1 Å². The zero-order valence-corrected chi connectivity index (χ0v) is 15.7. The molecule has 6 heteroatoms. The molecule has 0 amide bonds. The first kappa shape index (κ1) is 19.0. The van der Waals surface area contributed by atoms with Crippen LogP contribution in [0.25, 0.3) is 0 Å². The number of halogens is 1. The zero-order chi connectivity index (χ0) is 17.4. The molecule has 0 unspecified atom stereocenters. The lowest BCUT2D eigenvalue weighted by atomic mass is 10.2. The zero-order valence-electron chi connectivity index (χ0n) is 15.0. The monoisotopic (exact) mass is 352 g/mol. The Morgan fingerprint density at radius 3 is 2.58 bits per heavy atom. The van der Waals surface area contributed by atoms with E-state index in [0.29, 0.717) is 0 Å². The first-order chi connectivity index (χ1) is 11.6. The standard InChI is InChI=1S/C18H29ClN4O/c1-20-18(22(2)14-15-4-6-16(19)7-5-15)21-10-11-23(12-13-24-3)17-8-9-17/h4-7,17H,8-14H2,1-3H3,(H,20,21). The fourth-order valence-electron chi connectivity index (χ4n) is 2.76. The molecule has 1 fully saturated rings. The first-order valence-corrected chi connectivity index (χ1v) is 8.91. The number of aliphatic imine (C=N–C) groups is 1. The maximum atomic E-state index is 5.94. The van der Waals surface area contributed by atoms with Crippen molar-refractivity contribution >= 4 is 17.6 Å². The smallest absolute Gasteiger partial charge is 0.193 e. The van der Waals surface area contributed by atoms with E-state index in [0.717, 1.165) is 49.8 Å². The number of nitrogens with zero attached hydrogens (tertiary/aromatic N) is 3. The van der Waals surface area contributed by atoms with E-state index in [1.807, 2.05) is 38.4 Å². The van der Waals surface area contributed by atoms with Gasteiger partial charge in [0, 0.05) is 58.4 Å². The minimum Gasteiger partial charge on any atom is -0.383 e. The molecule has 1 saturated carbocycles. The van der Waals surface area contributed by atoms with Crippen LogP contribution >= 0.6 is 11.6 Å². The Balaban J connectivity index is 1.77. The molecule has 0 aliphatic heterocycles. The first-order valence-electron chi connectivity index (χ1n) is 8.53. The van der Waals surface area contributed by atoms with Gasteiger partial charge in [0.2, 0.25) is 0 Å². The minimum absolute atomic E-state index is 0.746. The molecule has 2 rings (SSSR count). The van der Waals surface area contributed by atoms with E-state index < -0.39 is 0 Å². The topological polar surface area (TPSA) is 40.1 Å². The quantitative estimate of drug-likeness (QED) is 0.547. The van der Waals surface area contributed by atoms with Gasteiger partial charge in [-0.15, -0.1) is 0 Å². The Kier molecular flexibility index (Phi) is 7.82. The van der Waals surface area contributed by atoms with Crippen molar-refractivity contribution in [3.05, 3.63) is 34.9 Å². The van der Waals surface area contributed by atoms with Gasteiger partial charge in [0.15, 0.2) is 5.96 Å². The van der Waals surface area contributed by atoms with Crippen LogP contribution in [0.4, 0.5) is 0 Å². The lowest BCUT2D eigenvalue weighted by Crippen LogP contribution is -2.43. The van der Waals surface area contributed by atoms with Crippen LogP contribution in [-0.4, -0.2) is 69.2 Å². The summed E-state index contributed by atoms with van der Waals surface area (Å²) in [7, 11) is 5.63. The summed E-state index contributed by atoms with van der Waals surface area (Å²) in [5, 5.41) is 4.22. The molecule has 0 spiro atoms. The fourth-order valence-corrected chi connectivity index (χ4v) is 2.89. The van der Waals surface area contributed by atoms with Gasteiger partial charge in [0.25, 0.3) is 0 Å². The number of methoxy groups -OCH3 is 1. The molecule has 1 aromatic rings. The molecule has 134 valence electrons. The van der Waals surface area contributed by atoms with Gasteiger partial charge in [-0.25, -0.2) is 0 Å². The maximum Gasteiger partial charge on any atom is 0.193 e. The van der Waals surface area contributed by atoms with E-state index in [1.165, 1.54) is 18.4 Å². The molecular weight excluding hydrogens is 324 g/mol. The fraction of sp³-hybridized carbons (Fsp3) is 0.611. The van der Waals surface area contributed by atoms with Crippen LogP contribution in [0.3, 0.4) is 0 Å². The van der Waals surface area contributed by atoms with Gasteiger partial charge in [-0.3, -0.25) is 9.89 Å². The highest BCUT2D eigenvalue weighted by molar-refractivity contribution is 6.30. The normalized spacial score (nSPS) is 15.0. The summed E-state index contributed by atoms with van der Waals surface area (Å²) in [4.78, 5) is 9.01. The predicted molar refractivity (Wildman–Crippen MR) is 101 cm³/mol. The molecule has 1 aliphatic rings. The lowest BCUT2D eigenvalue weighted by molar-refractivity contribution is 0.144. The molecule has 0 radical (unpaired) electrons. The van der Waals surface area contributed by atoms with Crippen molar-refractivity contribution in [1.29, 1.82) is 0 Å². The lowest BCUT2D eigenvalue weighted by Gasteiger charge is -2.25. The molecule has 0 atom stereocenters. The Labute approximate surface area is 150 Å². The number of nitrogens with one attached hydrogen (secondary N) is 1. The molecule has 24 heavy (non-hydrogen) atoms. The van der Waals surface area contributed by atoms with Crippen molar-refractivity contribution in [2.24, 2.45) is 4.99 Å². The van der Waals surface area contributed by atoms with Crippen molar-refractivity contribution in [3.63, 3.8) is 0 Å². The van der Waals surface area contributed by atoms with E-state index in [-0.39, 0.29) is 0 Å². The average molecular weight is 353 g/mol. The molecule has 0 heterocycles. The highest BCUT2D eigenvalue weighted by Gasteiger charge is 2.28. The Hall–Kier alpha value is -1.30. The second-order valence-electron chi connectivity index (χ2n) is 6.22. The van der Waals surface area contributed by atoms with Gasteiger partial charge in [-0.05, 0) is 30.5 Å². The van der Waals surface area contributed by atoms with Crippen LogP contribution in [-0.2, 0) is 11.3 Å². The molecule has 1 aliphatic carbocycles. The molecule has 0 bridgehead atoms. The van der Waals surface area contributed by atoms with Crippen LogP contribution in [0.5, 0.6) is 0 Å². The summed E-state index contributed by atoms with van der Waals surface area (Å²) in [6.45, 7) is 4.50. The number of ether oxygens (including phenoxy) is 1. The molecular formula is C18H29ClN4O. The average Bonchev–Trinajstić information content (AvgIpc) is 3.41. The number of hydrogen-bond acceptors (Lipinski definition) is 3. The molecule has 1 N–H and O–H groups in total. The number of hydrogen-bond donors (Lipinski definition) is 1. The summed E-state index contributed by atoms with van der Waals surface area (Å²) in [6.07, 6.45) is 2.63. The summed E-state index contributed by atoms with van der Waals surface area (Å²) in [6, 6.07) is 8.68. The third-order valence-electron chi connectivity index (χ3n) is 4.23. The van der Waals surface area contributed by atoms with Gasteiger partial charge in [-0.1, -0.05) is 23.7 Å². The summed E-state index contributed by atoms with van der Waals surface area (Å²) < 4.78 is 5.21. The van der Waals surface area contributed by atoms with Gasteiger partial charge in [0.05, 0.1) is 6.61 Å². The van der Waals surface area contributed by atoms with Gasteiger partial charge < -0.3 is 15.0 Å². The Bertz CT molecular complexity index is 516. The summed E-state index contributed by atoms with van der Waals surface area (Å²) in [5.41, 5.74) is 1.21. The highest BCUT2D eigenvalue weighted by atomic mass is 35.5. The van der Waals surface area contributed by atoms with Crippen molar-refractivity contribution < 1.29 is 4.74 Å². The molecule has 0 aromatic heterocycles. The number of rotatable bonds is 9. The Morgan fingerprint density at radius 1 is 1.29 bits per heavy atom. The summed E-state index contributed by atoms with van der Waals surface area (Å²) in [5.74, 6) is 0.910. The molecule has 5 nitrogen and oxygen atoms in total. The third-order valence-corrected chi connectivity index (χ3v) is 4.49. The van der Waals surface area contributed by atoms with Crippen LogP contribution in [0, 0.1) is 0 Å². The maximum absolute atomic E-state index is 5.94.